The molecule has 47 heavy (non-hydrogen) atoms. The van der Waals surface area contributed by atoms with E-state index in [-0.39, 0.29) is 11.8 Å². The maximum atomic E-state index is 12.6. The molecule has 1 saturated carbocycles. The first-order valence-corrected chi connectivity index (χ1v) is 17.8. The molecule has 1 spiro atoms. The molecule has 1 aromatic heterocycles. The maximum Gasteiger partial charge on any atom is 0.410 e. The highest BCUT2D eigenvalue weighted by Gasteiger charge is 2.49. The lowest BCUT2D eigenvalue weighted by molar-refractivity contribution is -0.0680. The fraction of sp³-hybridized carbons (Fsp3) is 0.694. The number of benzene rings is 1. The molecule has 2 unspecified atom stereocenters. The molecule has 4 heterocycles. The number of aromatic nitrogens is 2. The number of carbonyl (C=O) groups excluding carboxylic acids is 1. The molecule has 2 aromatic rings. The van der Waals surface area contributed by atoms with Crippen molar-refractivity contribution in [2.75, 3.05) is 76.6 Å². The van der Waals surface area contributed by atoms with E-state index in [4.69, 9.17) is 10.5 Å². The Hall–Kier alpha value is -3.15. The maximum absolute atomic E-state index is 12.6. The number of ether oxygens (including phenoxy) is 1. The number of rotatable bonds is 7. The minimum absolute atomic E-state index is 0.162. The van der Waals surface area contributed by atoms with Gasteiger partial charge in [0.25, 0.3) is 0 Å². The van der Waals surface area contributed by atoms with Crippen LogP contribution in [0.4, 0.5) is 16.3 Å². The number of aromatic hydroxyl groups is 1. The third-order valence-electron chi connectivity index (χ3n) is 11.1. The lowest BCUT2D eigenvalue weighted by atomic mass is 9.60. The number of piperazine rings is 2. The van der Waals surface area contributed by atoms with Gasteiger partial charge in [-0.2, -0.15) is 0 Å². The molecule has 4 fully saturated rings. The lowest BCUT2D eigenvalue weighted by Gasteiger charge is -2.57. The van der Waals surface area contributed by atoms with Crippen molar-refractivity contribution in [3.8, 4) is 17.0 Å². The van der Waals surface area contributed by atoms with E-state index in [0.29, 0.717) is 40.6 Å². The number of hydrogen-bond donors (Lipinski definition) is 2. The van der Waals surface area contributed by atoms with Gasteiger partial charge in [-0.25, -0.2) is 4.79 Å². The first-order valence-electron chi connectivity index (χ1n) is 17.8. The normalized spacial score (nSPS) is 24.8. The van der Waals surface area contributed by atoms with E-state index in [1.54, 1.807) is 6.07 Å². The summed E-state index contributed by atoms with van der Waals surface area (Å²) in [5.41, 5.74) is 8.54. The standard InChI is InChI=1S/C36H56N8O3/c1-6-9-26-23-44(31-20-30(38-39-33(31)37)29-10-7-8-11-32(29)45)19-18-42(26)24-28-25-43(17-16-40(28)5)27-21-36(22-27)12-14-41(15-13-36)34(46)47-35(2,3)4/h7-8,10-11,20,26-28,45H,6,9,12-19,21-25H2,1-5H3,(H2,37,39). The fourth-order valence-corrected chi connectivity index (χ4v) is 8.29. The summed E-state index contributed by atoms with van der Waals surface area (Å²) in [6.45, 7) is 16.9. The molecule has 0 bridgehead atoms. The molecule has 11 nitrogen and oxygen atoms in total. The number of nitrogens with two attached hydrogens (primary N) is 1. The molecule has 1 aromatic carbocycles. The van der Waals surface area contributed by atoms with Crippen LogP contribution in [-0.4, -0.2) is 131 Å². The van der Waals surface area contributed by atoms with Gasteiger partial charge < -0.3 is 25.4 Å². The van der Waals surface area contributed by atoms with Gasteiger partial charge in [0.05, 0.1) is 11.4 Å². The van der Waals surface area contributed by atoms with Crippen LogP contribution in [0.1, 0.15) is 66.2 Å². The van der Waals surface area contributed by atoms with E-state index in [2.05, 4.69) is 43.8 Å². The smallest absolute Gasteiger partial charge is 0.410 e. The quantitative estimate of drug-likeness (QED) is 0.444. The monoisotopic (exact) mass is 648 g/mol. The summed E-state index contributed by atoms with van der Waals surface area (Å²) in [4.78, 5) is 24.9. The van der Waals surface area contributed by atoms with Crippen LogP contribution < -0.4 is 10.6 Å². The number of phenols is 1. The van der Waals surface area contributed by atoms with Gasteiger partial charge in [-0.1, -0.05) is 25.5 Å². The number of nitrogen functional groups attached to an aromatic ring is 1. The predicted octanol–water partition coefficient (Wildman–Crippen LogP) is 4.52. The van der Waals surface area contributed by atoms with Crippen LogP contribution in [0.25, 0.3) is 11.3 Å². The van der Waals surface area contributed by atoms with Gasteiger partial charge in [0.15, 0.2) is 5.82 Å². The average molecular weight is 649 g/mol. The number of amides is 1. The fourth-order valence-electron chi connectivity index (χ4n) is 8.29. The molecule has 258 valence electrons. The molecule has 11 heteroatoms. The molecule has 3 N–H and O–H groups in total. The Balaban J connectivity index is 1.04. The number of nitrogens with zero attached hydrogens (tertiary/aromatic N) is 7. The molecule has 1 amide bonds. The number of hydrogen-bond acceptors (Lipinski definition) is 10. The van der Waals surface area contributed by atoms with E-state index in [1.807, 2.05) is 49.9 Å². The molecule has 2 atom stereocenters. The Bertz CT molecular complexity index is 1380. The minimum atomic E-state index is -0.445. The summed E-state index contributed by atoms with van der Waals surface area (Å²) in [5.74, 6) is 0.627. The van der Waals surface area contributed by atoms with Crippen molar-refractivity contribution in [3.05, 3.63) is 30.3 Å². The zero-order valence-electron chi connectivity index (χ0n) is 29.2. The molecule has 1 aliphatic carbocycles. The number of phenolic OH excluding ortho intramolecular Hbond substituents is 1. The molecular weight excluding hydrogens is 592 g/mol. The molecule has 4 aliphatic rings. The van der Waals surface area contributed by atoms with E-state index in [1.165, 1.54) is 12.8 Å². The Kier molecular flexibility index (Phi) is 9.88. The second-order valence-electron chi connectivity index (χ2n) is 15.6. The second kappa shape index (κ2) is 13.8. The Morgan fingerprint density at radius 1 is 1.02 bits per heavy atom. The van der Waals surface area contributed by atoms with Crippen LogP contribution >= 0.6 is 0 Å². The summed E-state index contributed by atoms with van der Waals surface area (Å²) >= 11 is 0. The minimum Gasteiger partial charge on any atom is -0.507 e. The summed E-state index contributed by atoms with van der Waals surface area (Å²) in [6.07, 6.45) is 6.80. The van der Waals surface area contributed by atoms with Crippen LogP contribution in [0.15, 0.2) is 30.3 Å². The van der Waals surface area contributed by atoms with Crippen LogP contribution in [0.5, 0.6) is 5.75 Å². The highest BCUT2D eigenvalue weighted by Crippen LogP contribution is 2.51. The topological polar surface area (TPSA) is 115 Å². The lowest BCUT2D eigenvalue weighted by Crippen LogP contribution is -2.64. The van der Waals surface area contributed by atoms with Gasteiger partial charge in [-0.05, 0) is 83.5 Å². The van der Waals surface area contributed by atoms with Crippen molar-refractivity contribution in [3.63, 3.8) is 0 Å². The van der Waals surface area contributed by atoms with E-state index in [9.17, 15) is 9.90 Å². The van der Waals surface area contributed by atoms with Crippen LogP contribution in [0.3, 0.4) is 0 Å². The SMILES string of the molecule is CCCC1CN(c2cc(-c3ccccc3O)nnc2N)CCN1CC1CN(C2CC3(CCN(C(=O)OC(C)(C)C)CC3)C2)CCN1C. The van der Waals surface area contributed by atoms with Gasteiger partial charge in [-0.15, -0.1) is 10.2 Å². The van der Waals surface area contributed by atoms with E-state index >= 15 is 0 Å². The van der Waals surface area contributed by atoms with Gasteiger partial charge in [0.1, 0.15) is 11.4 Å². The average Bonchev–Trinajstić information content (AvgIpc) is 3.02. The first-order chi connectivity index (χ1) is 22.4. The molecule has 3 saturated heterocycles. The van der Waals surface area contributed by atoms with Crippen LogP contribution in [0.2, 0.25) is 0 Å². The van der Waals surface area contributed by atoms with Crippen molar-refractivity contribution >= 4 is 17.6 Å². The third-order valence-corrected chi connectivity index (χ3v) is 11.1. The number of piperidine rings is 1. The van der Waals surface area contributed by atoms with Gasteiger partial charge >= 0.3 is 6.09 Å². The molecule has 0 radical (unpaired) electrons. The number of likely N-dealkylation sites (N-methyl/N-ethyl adjacent to an activating group) is 1. The van der Waals surface area contributed by atoms with E-state index in [0.717, 1.165) is 90.3 Å². The first kappa shape index (κ1) is 33.7. The predicted molar refractivity (Wildman–Crippen MR) is 187 cm³/mol. The largest absolute Gasteiger partial charge is 0.507 e. The van der Waals surface area contributed by atoms with Crippen molar-refractivity contribution in [1.29, 1.82) is 0 Å². The Morgan fingerprint density at radius 2 is 1.77 bits per heavy atom. The highest BCUT2D eigenvalue weighted by atomic mass is 16.6. The second-order valence-corrected chi connectivity index (χ2v) is 15.6. The highest BCUT2D eigenvalue weighted by molar-refractivity contribution is 5.74. The number of likely N-dealkylation sites (tertiary alicyclic amines) is 1. The van der Waals surface area contributed by atoms with Crippen molar-refractivity contribution < 1.29 is 14.6 Å². The molecule has 3 aliphatic heterocycles. The number of anilines is 2. The summed E-state index contributed by atoms with van der Waals surface area (Å²) in [7, 11) is 2.30. The van der Waals surface area contributed by atoms with Gasteiger partial charge in [0, 0.05) is 82.6 Å². The summed E-state index contributed by atoms with van der Waals surface area (Å²) in [6, 6.07) is 10.8. The third kappa shape index (κ3) is 7.62. The zero-order chi connectivity index (χ0) is 33.3. The van der Waals surface area contributed by atoms with Crippen molar-refractivity contribution in [1.82, 2.24) is 29.8 Å². The van der Waals surface area contributed by atoms with Crippen molar-refractivity contribution in [2.45, 2.75) is 89.9 Å². The van der Waals surface area contributed by atoms with Crippen molar-refractivity contribution in [2.24, 2.45) is 5.41 Å². The van der Waals surface area contributed by atoms with Crippen LogP contribution in [-0.2, 0) is 4.74 Å². The Labute approximate surface area is 281 Å². The molecular formula is C36H56N8O3. The summed E-state index contributed by atoms with van der Waals surface area (Å²) in [5, 5.41) is 19.0. The molecule has 6 rings (SSSR count). The number of carbonyl (C=O) groups is 1. The zero-order valence-corrected chi connectivity index (χ0v) is 29.2. The summed E-state index contributed by atoms with van der Waals surface area (Å²) < 4.78 is 5.63. The van der Waals surface area contributed by atoms with Gasteiger partial charge in [-0.3, -0.25) is 14.7 Å². The van der Waals surface area contributed by atoms with E-state index < -0.39 is 5.60 Å². The van der Waals surface area contributed by atoms with Gasteiger partial charge in [0.2, 0.25) is 0 Å². The van der Waals surface area contributed by atoms with Crippen LogP contribution in [0, 0.1) is 5.41 Å². The number of para-hydroxylation sites is 1. The Morgan fingerprint density at radius 3 is 2.47 bits per heavy atom.